The quantitative estimate of drug-likeness (QED) is 0.680. The van der Waals surface area contributed by atoms with Crippen molar-refractivity contribution in [3.05, 3.63) is 23.7 Å². The summed E-state index contributed by atoms with van der Waals surface area (Å²) in [5.41, 5.74) is 0. The Morgan fingerprint density at radius 3 is 2.75 bits per heavy atom. The van der Waals surface area contributed by atoms with Crippen LogP contribution in [-0.4, -0.2) is 13.6 Å². The molecule has 0 fully saturated rings. The zero-order chi connectivity index (χ0) is 8.81. The van der Waals surface area contributed by atoms with E-state index in [1.165, 1.54) is 12.8 Å². The second-order valence-corrected chi connectivity index (χ2v) is 3.07. The molecule has 0 aliphatic carbocycles. The molecular formula is C10H17NO. The highest BCUT2D eigenvalue weighted by Gasteiger charge is 1.97. The Morgan fingerprint density at radius 2 is 2.17 bits per heavy atom. The fraction of sp³-hybridized carbons (Fsp3) is 0.600. The minimum atomic E-state index is 1.01. The topological polar surface area (TPSA) is 25.2 Å². The van der Waals surface area contributed by atoms with E-state index in [0.29, 0.717) is 0 Å². The van der Waals surface area contributed by atoms with Gasteiger partial charge in [0.1, 0.15) is 11.5 Å². The van der Waals surface area contributed by atoms with Gasteiger partial charge >= 0.3 is 0 Å². The van der Waals surface area contributed by atoms with E-state index < -0.39 is 0 Å². The Kier molecular flexibility index (Phi) is 3.88. The first kappa shape index (κ1) is 9.33. The van der Waals surface area contributed by atoms with Gasteiger partial charge in [-0.25, -0.2) is 0 Å². The molecule has 0 spiro atoms. The van der Waals surface area contributed by atoms with Crippen molar-refractivity contribution in [1.29, 1.82) is 0 Å². The fourth-order valence-electron chi connectivity index (χ4n) is 1.22. The monoisotopic (exact) mass is 167 g/mol. The summed E-state index contributed by atoms with van der Waals surface area (Å²) in [6, 6.07) is 4.09. The normalized spacial score (nSPS) is 10.5. The number of unbranched alkanes of at least 4 members (excludes halogenated alkanes) is 1. The number of furan rings is 1. The standard InChI is InChI=1S/C10H17NO/c1-9-6-7-10(12-9)5-3-4-8-11-2/h6-7,11H,3-5,8H2,1-2H3. The maximum absolute atomic E-state index is 5.44. The van der Waals surface area contributed by atoms with E-state index >= 15 is 0 Å². The summed E-state index contributed by atoms with van der Waals surface area (Å²) in [5.74, 6) is 2.13. The first-order valence-corrected chi connectivity index (χ1v) is 4.53. The van der Waals surface area contributed by atoms with Crippen LogP contribution in [0.2, 0.25) is 0 Å². The van der Waals surface area contributed by atoms with Crippen molar-refractivity contribution in [1.82, 2.24) is 5.32 Å². The molecule has 0 aliphatic heterocycles. The van der Waals surface area contributed by atoms with Crippen molar-refractivity contribution in [3.63, 3.8) is 0 Å². The minimum absolute atomic E-state index is 1.01. The largest absolute Gasteiger partial charge is 0.466 e. The summed E-state index contributed by atoms with van der Waals surface area (Å²) < 4.78 is 5.44. The maximum atomic E-state index is 5.44. The van der Waals surface area contributed by atoms with Crippen molar-refractivity contribution >= 4 is 0 Å². The molecule has 12 heavy (non-hydrogen) atoms. The van der Waals surface area contributed by atoms with E-state index in [0.717, 1.165) is 24.5 Å². The fourth-order valence-corrected chi connectivity index (χ4v) is 1.22. The van der Waals surface area contributed by atoms with Crippen LogP contribution in [0.15, 0.2) is 16.5 Å². The summed E-state index contributed by atoms with van der Waals surface area (Å²) in [5, 5.41) is 3.13. The summed E-state index contributed by atoms with van der Waals surface area (Å²) in [7, 11) is 1.98. The predicted octanol–water partition coefficient (Wildman–Crippen LogP) is 2.13. The third-order valence-electron chi connectivity index (χ3n) is 1.90. The van der Waals surface area contributed by atoms with Crippen LogP contribution in [0.5, 0.6) is 0 Å². The third kappa shape index (κ3) is 3.09. The first-order chi connectivity index (χ1) is 5.83. The lowest BCUT2D eigenvalue weighted by Gasteiger charge is -1.97. The van der Waals surface area contributed by atoms with E-state index in [2.05, 4.69) is 11.4 Å². The van der Waals surface area contributed by atoms with E-state index in [-0.39, 0.29) is 0 Å². The van der Waals surface area contributed by atoms with Crippen LogP contribution in [0.25, 0.3) is 0 Å². The van der Waals surface area contributed by atoms with E-state index in [1.54, 1.807) is 0 Å². The van der Waals surface area contributed by atoms with Gasteiger partial charge in [-0.15, -0.1) is 0 Å². The molecule has 1 N–H and O–H groups in total. The molecule has 0 radical (unpaired) electrons. The molecule has 0 bridgehead atoms. The number of nitrogens with one attached hydrogen (secondary N) is 1. The molecule has 1 heterocycles. The van der Waals surface area contributed by atoms with E-state index in [9.17, 15) is 0 Å². The predicted molar refractivity (Wildman–Crippen MR) is 50.3 cm³/mol. The van der Waals surface area contributed by atoms with Crippen molar-refractivity contribution in [2.24, 2.45) is 0 Å². The van der Waals surface area contributed by atoms with Crippen LogP contribution in [0, 0.1) is 6.92 Å². The third-order valence-corrected chi connectivity index (χ3v) is 1.90. The smallest absolute Gasteiger partial charge is 0.104 e. The Morgan fingerprint density at radius 1 is 1.33 bits per heavy atom. The second-order valence-electron chi connectivity index (χ2n) is 3.07. The van der Waals surface area contributed by atoms with Gasteiger partial charge in [0.15, 0.2) is 0 Å². The summed E-state index contributed by atoms with van der Waals surface area (Å²) >= 11 is 0. The molecule has 0 aliphatic rings. The Labute approximate surface area is 74.0 Å². The number of hydrogen-bond donors (Lipinski definition) is 1. The van der Waals surface area contributed by atoms with E-state index in [4.69, 9.17) is 4.42 Å². The van der Waals surface area contributed by atoms with Gasteiger partial charge in [-0.2, -0.15) is 0 Å². The Hall–Kier alpha value is -0.760. The van der Waals surface area contributed by atoms with Crippen LogP contribution in [-0.2, 0) is 6.42 Å². The van der Waals surface area contributed by atoms with E-state index in [1.807, 2.05) is 20.0 Å². The Bertz CT molecular complexity index is 217. The molecule has 1 rings (SSSR count). The van der Waals surface area contributed by atoms with Gasteiger partial charge < -0.3 is 9.73 Å². The Balaban J connectivity index is 2.15. The molecule has 0 amide bonds. The van der Waals surface area contributed by atoms with Crippen molar-refractivity contribution in [2.45, 2.75) is 26.2 Å². The van der Waals surface area contributed by atoms with Gasteiger partial charge in [0.25, 0.3) is 0 Å². The van der Waals surface area contributed by atoms with Crippen LogP contribution in [0.1, 0.15) is 24.4 Å². The van der Waals surface area contributed by atoms with Gasteiger partial charge in [0.05, 0.1) is 0 Å². The highest BCUT2D eigenvalue weighted by atomic mass is 16.3. The zero-order valence-corrected chi connectivity index (χ0v) is 7.89. The maximum Gasteiger partial charge on any atom is 0.104 e. The second kappa shape index (κ2) is 4.99. The summed E-state index contributed by atoms with van der Waals surface area (Å²) in [6.45, 7) is 3.08. The average Bonchev–Trinajstić information content (AvgIpc) is 2.45. The number of rotatable bonds is 5. The average molecular weight is 167 g/mol. The van der Waals surface area contributed by atoms with Crippen LogP contribution < -0.4 is 5.32 Å². The first-order valence-electron chi connectivity index (χ1n) is 4.53. The molecule has 0 unspecified atom stereocenters. The minimum Gasteiger partial charge on any atom is -0.466 e. The highest BCUT2D eigenvalue weighted by Crippen LogP contribution is 2.09. The van der Waals surface area contributed by atoms with Gasteiger partial charge in [0.2, 0.25) is 0 Å². The van der Waals surface area contributed by atoms with Crippen molar-refractivity contribution in [3.8, 4) is 0 Å². The summed E-state index contributed by atoms with van der Waals surface area (Å²) in [4.78, 5) is 0. The molecule has 0 atom stereocenters. The molecular weight excluding hydrogens is 150 g/mol. The van der Waals surface area contributed by atoms with Crippen LogP contribution in [0.4, 0.5) is 0 Å². The van der Waals surface area contributed by atoms with Crippen LogP contribution >= 0.6 is 0 Å². The SMILES string of the molecule is CNCCCCc1ccc(C)o1. The molecule has 1 aromatic heterocycles. The molecule has 1 aromatic rings. The van der Waals surface area contributed by atoms with Crippen LogP contribution in [0.3, 0.4) is 0 Å². The van der Waals surface area contributed by atoms with Gasteiger partial charge in [-0.05, 0) is 45.5 Å². The molecule has 2 heteroatoms. The molecule has 2 nitrogen and oxygen atoms in total. The molecule has 0 saturated heterocycles. The van der Waals surface area contributed by atoms with Gasteiger partial charge in [0, 0.05) is 6.42 Å². The number of hydrogen-bond acceptors (Lipinski definition) is 2. The lowest BCUT2D eigenvalue weighted by molar-refractivity contribution is 0.473. The number of aryl methyl sites for hydroxylation is 2. The van der Waals surface area contributed by atoms with Gasteiger partial charge in [-0.3, -0.25) is 0 Å². The van der Waals surface area contributed by atoms with Crippen molar-refractivity contribution < 1.29 is 4.42 Å². The lowest BCUT2D eigenvalue weighted by atomic mass is 10.2. The summed E-state index contributed by atoms with van der Waals surface area (Å²) in [6.07, 6.45) is 3.49. The molecule has 68 valence electrons. The molecule has 0 aromatic carbocycles. The lowest BCUT2D eigenvalue weighted by Crippen LogP contribution is -2.07. The van der Waals surface area contributed by atoms with Gasteiger partial charge in [-0.1, -0.05) is 0 Å². The zero-order valence-electron chi connectivity index (χ0n) is 7.89. The highest BCUT2D eigenvalue weighted by molar-refractivity contribution is 5.05. The molecule has 0 saturated carbocycles. The van der Waals surface area contributed by atoms with Crippen molar-refractivity contribution in [2.75, 3.05) is 13.6 Å².